The van der Waals surface area contributed by atoms with Crippen molar-refractivity contribution in [1.82, 2.24) is 0 Å². The van der Waals surface area contributed by atoms with Gasteiger partial charge in [-0.3, -0.25) is 0 Å². The maximum atomic E-state index is 12.8. The minimum atomic E-state index is -0.444. The molecule has 0 amide bonds. The number of rotatable bonds is 12. The second-order valence-electron chi connectivity index (χ2n) is 31.5. The van der Waals surface area contributed by atoms with Crippen LogP contribution in [-0.4, -0.2) is 44.7 Å². The van der Waals surface area contributed by atoms with Gasteiger partial charge < -0.3 is 20.1 Å². The molecule has 8 aliphatic rings. The molecule has 0 aromatic heterocycles. The summed E-state index contributed by atoms with van der Waals surface area (Å²) >= 11 is 0. The number of aliphatic hydroxyl groups excluding tert-OH is 1. The van der Waals surface area contributed by atoms with E-state index in [0.717, 1.165) is 104 Å². The first kappa shape index (κ1) is 56.8. The van der Waals surface area contributed by atoms with Crippen molar-refractivity contribution in [3.05, 3.63) is 35.9 Å². The van der Waals surface area contributed by atoms with Crippen LogP contribution in [0.4, 0.5) is 0 Å². The molecule has 0 unspecified atom stereocenters. The van der Waals surface area contributed by atoms with Gasteiger partial charge in [0.25, 0.3) is 0 Å². The second-order valence-corrected chi connectivity index (χ2v) is 31.5. The Kier molecular flexibility index (Phi) is 16.6. The summed E-state index contributed by atoms with van der Waals surface area (Å²) in [6.07, 6.45) is 29.8. The summed E-state index contributed by atoms with van der Waals surface area (Å²) in [5, 5.41) is 32.0. The van der Waals surface area contributed by atoms with E-state index in [0.29, 0.717) is 39.1 Å². The lowest BCUT2D eigenvalue weighted by atomic mass is 9.43. The zero-order chi connectivity index (χ0) is 52.5. The van der Waals surface area contributed by atoms with Gasteiger partial charge in [-0.25, -0.2) is 4.79 Å². The molecule has 8 saturated carbocycles. The van der Waals surface area contributed by atoms with Crippen LogP contribution in [0.1, 0.15) is 261 Å². The molecule has 72 heavy (non-hydrogen) atoms. The summed E-state index contributed by atoms with van der Waals surface area (Å²) in [6, 6.07) is 9.44. The first-order chi connectivity index (χ1) is 33.5. The Hall–Kier alpha value is -1.43. The van der Waals surface area contributed by atoms with Gasteiger partial charge in [-0.1, -0.05) is 121 Å². The van der Waals surface area contributed by atoms with E-state index in [-0.39, 0.29) is 29.0 Å². The SMILES string of the molecule is C[C@H](CCC[C@@H](O)C(C)(C)C)[C@H]1CC[C@H]2[C@@H]3CC[C@H]4C[C@@](C)(O)CC[C@]4(C)[C@H]3CC[C@]12C.C[C@H](CCC[C@@H](OC(=O)c1ccccc1)C(C)(C)C)[C@H]1CC[C@H]2[C@@H]3CC[C@H]4C[C@@](C)(O)CC[C@]4(C)[C@H]3CC[C@]12C. The maximum Gasteiger partial charge on any atom is 0.338 e. The summed E-state index contributed by atoms with van der Waals surface area (Å²) < 4.78 is 6.08. The van der Waals surface area contributed by atoms with Gasteiger partial charge in [0.05, 0.1) is 22.9 Å². The lowest BCUT2D eigenvalue weighted by Crippen LogP contribution is -2.55. The molecule has 0 spiro atoms. The summed E-state index contributed by atoms with van der Waals surface area (Å²) in [7, 11) is 0. The predicted molar refractivity (Wildman–Crippen MR) is 298 cm³/mol. The molecule has 8 fully saturated rings. The van der Waals surface area contributed by atoms with Crippen LogP contribution in [0, 0.1) is 104 Å². The molecule has 20 atom stereocenters. The Morgan fingerprint density at radius 3 is 1.40 bits per heavy atom. The number of aliphatic hydroxyl groups is 3. The molecule has 5 nitrogen and oxygen atoms in total. The number of esters is 1. The summed E-state index contributed by atoms with van der Waals surface area (Å²) in [6.45, 7) is 32.8. The smallest absolute Gasteiger partial charge is 0.338 e. The Morgan fingerprint density at radius 2 is 0.972 bits per heavy atom. The van der Waals surface area contributed by atoms with Crippen LogP contribution in [0.5, 0.6) is 0 Å². The highest BCUT2D eigenvalue weighted by Crippen LogP contribution is 2.71. The van der Waals surface area contributed by atoms with Crippen LogP contribution in [-0.2, 0) is 4.74 Å². The van der Waals surface area contributed by atoms with Crippen molar-refractivity contribution in [3.8, 4) is 0 Å². The number of hydrogen-bond acceptors (Lipinski definition) is 5. The Balaban J connectivity index is 0.000000197. The van der Waals surface area contributed by atoms with Crippen LogP contribution in [0.25, 0.3) is 0 Å². The zero-order valence-corrected chi connectivity index (χ0v) is 49.1. The minimum Gasteiger partial charge on any atom is -0.458 e. The maximum absolute atomic E-state index is 12.8. The van der Waals surface area contributed by atoms with Gasteiger partial charge in [0.2, 0.25) is 0 Å². The fourth-order valence-electron chi connectivity index (χ4n) is 20.3. The van der Waals surface area contributed by atoms with Crippen molar-refractivity contribution in [2.24, 2.45) is 104 Å². The second kappa shape index (κ2) is 21.1. The number of hydrogen-bond donors (Lipinski definition) is 3. The van der Waals surface area contributed by atoms with Crippen molar-refractivity contribution in [2.75, 3.05) is 0 Å². The van der Waals surface area contributed by atoms with E-state index in [1.807, 2.05) is 30.3 Å². The van der Waals surface area contributed by atoms with Gasteiger partial charge in [-0.2, -0.15) is 0 Å². The van der Waals surface area contributed by atoms with Gasteiger partial charge in [0.1, 0.15) is 6.10 Å². The highest BCUT2D eigenvalue weighted by molar-refractivity contribution is 5.89. The number of carbonyl (C=O) groups excluding carboxylic acids is 1. The van der Waals surface area contributed by atoms with Crippen LogP contribution >= 0.6 is 0 Å². The van der Waals surface area contributed by atoms with Crippen LogP contribution < -0.4 is 0 Å². The van der Waals surface area contributed by atoms with E-state index in [9.17, 15) is 20.1 Å². The third kappa shape index (κ3) is 11.3. The molecular formula is C67H112O5. The fourth-order valence-corrected chi connectivity index (χ4v) is 20.3. The molecule has 8 aliphatic carbocycles. The van der Waals surface area contributed by atoms with E-state index >= 15 is 0 Å². The van der Waals surface area contributed by atoms with Gasteiger partial charge in [0.15, 0.2) is 0 Å². The Labute approximate surface area is 442 Å². The molecule has 0 bridgehead atoms. The third-order valence-corrected chi connectivity index (χ3v) is 24.9. The standard InChI is InChI=1S/C37H58O3.C30H54O2/c1-25(12-11-15-32(34(2,3)4)40-33(38)26-13-9-8-10-14-26)29-18-19-30-28-17-16-27-24-35(5,39)22-23-36(27,6)31(28)20-21-37(29,30)7;1-20(9-8-10-26(31)27(2,3)4)23-13-14-24-22-12-11-21-19-28(5,32)17-18-29(21,6)25(22)15-16-30(23,24)7/h8-10,13-14,25,27-32,39H,11-12,15-24H2,1-7H3;20-26,31-32H,8-19H2,1-7H3/t25-,27+,28+,29-,30+,31+,32-,35+,36+,37-;20-,21+,22+,23-,24+,25+,26-,28+,29+,30-/m11/s1. The minimum absolute atomic E-state index is 0.00753. The summed E-state index contributed by atoms with van der Waals surface area (Å²) in [4.78, 5) is 12.8. The van der Waals surface area contributed by atoms with E-state index in [4.69, 9.17) is 4.74 Å². The quantitative estimate of drug-likeness (QED) is 0.182. The highest BCUT2D eigenvalue weighted by atomic mass is 16.5. The molecule has 9 rings (SSSR count). The number of benzene rings is 1. The molecule has 0 aliphatic heterocycles. The topological polar surface area (TPSA) is 87.0 Å². The monoisotopic (exact) mass is 997 g/mol. The molecule has 410 valence electrons. The average Bonchev–Trinajstić information content (AvgIpc) is 3.85. The predicted octanol–water partition coefficient (Wildman–Crippen LogP) is 17.1. The van der Waals surface area contributed by atoms with Gasteiger partial charge in [-0.15, -0.1) is 0 Å². The van der Waals surface area contributed by atoms with Crippen LogP contribution in [0.3, 0.4) is 0 Å². The lowest BCUT2D eigenvalue weighted by molar-refractivity contribution is -0.148. The first-order valence-electron chi connectivity index (χ1n) is 30.9. The largest absolute Gasteiger partial charge is 0.458 e. The summed E-state index contributed by atoms with van der Waals surface area (Å²) in [5.41, 5.74) is 1.64. The van der Waals surface area contributed by atoms with E-state index in [1.54, 1.807) is 0 Å². The van der Waals surface area contributed by atoms with Crippen molar-refractivity contribution in [2.45, 2.75) is 274 Å². The van der Waals surface area contributed by atoms with Crippen LogP contribution in [0.15, 0.2) is 30.3 Å². The average molecular weight is 998 g/mol. The van der Waals surface area contributed by atoms with E-state index < -0.39 is 11.2 Å². The van der Waals surface area contributed by atoms with Gasteiger partial charge in [0, 0.05) is 0 Å². The zero-order valence-electron chi connectivity index (χ0n) is 49.1. The molecule has 0 radical (unpaired) electrons. The van der Waals surface area contributed by atoms with Crippen molar-refractivity contribution < 1.29 is 24.9 Å². The Bertz CT molecular complexity index is 1960. The van der Waals surface area contributed by atoms with Crippen molar-refractivity contribution in [3.63, 3.8) is 0 Å². The first-order valence-corrected chi connectivity index (χ1v) is 30.9. The van der Waals surface area contributed by atoms with E-state index in [1.165, 1.54) is 109 Å². The third-order valence-electron chi connectivity index (χ3n) is 24.9. The normalized spacial score (nSPS) is 44.2. The fraction of sp³-hybridized carbons (Fsp3) is 0.896. The summed E-state index contributed by atoms with van der Waals surface area (Å²) in [5.74, 6) is 9.83. The van der Waals surface area contributed by atoms with Crippen molar-refractivity contribution in [1.29, 1.82) is 0 Å². The van der Waals surface area contributed by atoms with Crippen LogP contribution in [0.2, 0.25) is 0 Å². The highest BCUT2D eigenvalue weighted by Gasteiger charge is 2.63. The molecule has 5 heteroatoms. The number of carbonyl (C=O) groups is 1. The molecule has 0 heterocycles. The number of ether oxygens (including phenoxy) is 1. The van der Waals surface area contributed by atoms with E-state index in [2.05, 4.69) is 96.9 Å². The molecule has 3 N–H and O–H groups in total. The van der Waals surface area contributed by atoms with Gasteiger partial charge >= 0.3 is 5.97 Å². The number of fused-ring (bicyclic) bond motifs is 10. The molecular weight excluding hydrogens is 885 g/mol. The van der Waals surface area contributed by atoms with Crippen molar-refractivity contribution >= 4 is 5.97 Å². The Morgan fingerprint density at radius 1 is 0.542 bits per heavy atom. The van der Waals surface area contributed by atoms with Gasteiger partial charge in [-0.05, 0) is 264 Å². The molecule has 0 saturated heterocycles. The molecule has 1 aromatic carbocycles. The molecule has 1 aromatic rings. The lowest BCUT2D eigenvalue weighted by Gasteiger charge is -2.62.